The van der Waals surface area contributed by atoms with Crippen LogP contribution in [0.4, 0.5) is 5.69 Å². The Labute approximate surface area is 110 Å². The molecule has 0 atom stereocenters. The van der Waals surface area contributed by atoms with Crippen molar-refractivity contribution in [1.82, 2.24) is 15.0 Å². The summed E-state index contributed by atoms with van der Waals surface area (Å²) >= 11 is 0. The van der Waals surface area contributed by atoms with Crippen molar-refractivity contribution < 1.29 is 10.3 Å². The molecular formula is C10H9N5O5. The van der Waals surface area contributed by atoms with Crippen molar-refractivity contribution in [2.45, 2.75) is 0 Å². The summed E-state index contributed by atoms with van der Waals surface area (Å²) in [4.78, 5) is 38.0. The molecule has 0 saturated carbocycles. The average molecular weight is 279 g/mol. The molecule has 0 aliphatic rings. The van der Waals surface area contributed by atoms with Gasteiger partial charge in [-0.05, 0) is 11.2 Å². The van der Waals surface area contributed by atoms with E-state index in [9.17, 15) is 14.5 Å². The molecule has 0 fully saturated rings. The van der Waals surface area contributed by atoms with Crippen LogP contribution in [0.3, 0.4) is 0 Å². The summed E-state index contributed by atoms with van der Waals surface area (Å²) in [7, 11) is 0. The van der Waals surface area contributed by atoms with Crippen LogP contribution in [-0.2, 0) is 0 Å². The number of pyridine rings is 1. The number of oxime groups is 1. The van der Waals surface area contributed by atoms with E-state index in [1.54, 1.807) is 34.5 Å². The van der Waals surface area contributed by atoms with Gasteiger partial charge in [0, 0.05) is 18.0 Å². The Morgan fingerprint density at radius 1 is 1.30 bits per heavy atom. The minimum Gasteiger partial charge on any atom is -0.493 e. The predicted octanol–water partition coefficient (Wildman–Crippen LogP) is 0.0564. The van der Waals surface area contributed by atoms with Crippen molar-refractivity contribution in [3.05, 3.63) is 55.8 Å². The zero-order valence-electron chi connectivity index (χ0n) is 9.85. The van der Waals surface area contributed by atoms with Gasteiger partial charge in [-0.25, -0.2) is 4.79 Å². The smallest absolute Gasteiger partial charge is 0.328 e. The van der Waals surface area contributed by atoms with Crippen LogP contribution in [0.1, 0.15) is 5.56 Å². The summed E-state index contributed by atoms with van der Waals surface area (Å²) in [6, 6.07) is 3.57. The third-order valence-electron chi connectivity index (χ3n) is 1.88. The molecule has 0 radical (unpaired) electrons. The van der Waals surface area contributed by atoms with Crippen molar-refractivity contribution in [3.63, 3.8) is 0 Å². The molecule has 0 unspecified atom stereocenters. The Hall–Kier alpha value is -3.30. The first-order chi connectivity index (χ1) is 9.58. The molecule has 0 spiro atoms. The van der Waals surface area contributed by atoms with E-state index >= 15 is 0 Å². The number of aromatic amines is 2. The van der Waals surface area contributed by atoms with Gasteiger partial charge in [-0.3, -0.25) is 19.7 Å². The Kier molecular flexibility index (Phi) is 5.32. The molecule has 2 aromatic rings. The Balaban J connectivity index is 0.000000204. The van der Waals surface area contributed by atoms with Crippen LogP contribution in [0.15, 0.2) is 44.4 Å². The van der Waals surface area contributed by atoms with Crippen LogP contribution in [0, 0.1) is 4.91 Å². The predicted molar refractivity (Wildman–Crippen MR) is 68.4 cm³/mol. The summed E-state index contributed by atoms with van der Waals surface area (Å²) < 4.78 is 0. The van der Waals surface area contributed by atoms with E-state index in [2.05, 4.69) is 15.3 Å². The molecule has 0 aliphatic carbocycles. The number of rotatable bonds is 2. The molecule has 104 valence electrons. The first-order valence-electron chi connectivity index (χ1n) is 5.05. The number of H-pyrrole nitrogens is 2. The van der Waals surface area contributed by atoms with Crippen molar-refractivity contribution >= 4 is 11.9 Å². The fraction of sp³-hybridized carbons (Fsp3) is 0. The number of hydrogen-bond donors (Lipinski definition) is 4. The van der Waals surface area contributed by atoms with E-state index in [-0.39, 0.29) is 0 Å². The molecule has 0 saturated heterocycles. The topological polar surface area (TPSA) is 161 Å². The molecule has 4 N–H and O–H groups in total. The molecule has 20 heavy (non-hydrogen) atoms. The fourth-order valence-corrected chi connectivity index (χ4v) is 1.07. The van der Waals surface area contributed by atoms with Crippen molar-refractivity contribution in [3.8, 4) is 5.88 Å². The van der Waals surface area contributed by atoms with Gasteiger partial charge < -0.3 is 10.3 Å². The van der Waals surface area contributed by atoms with E-state index in [0.29, 0.717) is 0 Å². The molecule has 2 rings (SSSR count). The van der Waals surface area contributed by atoms with Crippen molar-refractivity contribution in [2.75, 3.05) is 0 Å². The number of aromatic hydroxyl groups is 1. The lowest BCUT2D eigenvalue weighted by molar-refractivity contribution is 0.322. The second-order valence-corrected chi connectivity index (χ2v) is 3.23. The minimum absolute atomic E-state index is 0.732. The summed E-state index contributed by atoms with van der Waals surface area (Å²) in [5, 5.41) is 21.8. The molecule has 0 aliphatic heterocycles. The number of aromatic nitrogens is 3. The van der Waals surface area contributed by atoms with Crippen LogP contribution < -0.4 is 11.2 Å². The highest BCUT2D eigenvalue weighted by Crippen LogP contribution is 2.13. The zero-order chi connectivity index (χ0) is 15.0. The third kappa shape index (κ3) is 4.18. The number of nitrogens with one attached hydrogen (secondary N) is 2. The summed E-state index contributed by atoms with van der Waals surface area (Å²) in [5.74, 6) is -0.825. The molecule has 10 nitrogen and oxygen atoms in total. The SMILES string of the molecule is O/N=C/c1cccnc1.O=Nc1c(O)[nH]c(=O)[nH]c1=O. The zero-order valence-corrected chi connectivity index (χ0v) is 9.85. The van der Waals surface area contributed by atoms with Gasteiger partial charge in [0.1, 0.15) is 0 Å². The highest BCUT2D eigenvalue weighted by molar-refractivity contribution is 5.78. The van der Waals surface area contributed by atoms with E-state index in [1.807, 2.05) is 0 Å². The lowest BCUT2D eigenvalue weighted by Gasteiger charge is -1.90. The average Bonchev–Trinajstić information content (AvgIpc) is 2.40. The molecule has 0 aromatic carbocycles. The van der Waals surface area contributed by atoms with Gasteiger partial charge in [0.15, 0.2) is 0 Å². The fourth-order valence-electron chi connectivity index (χ4n) is 1.07. The van der Waals surface area contributed by atoms with Crippen LogP contribution >= 0.6 is 0 Å². The van der Waals surface area contributed by atoms with Gasteiger partial charge in [-0.2, -0.15) is 0 Å². The lowest BCUT2D eigenvalue weighted by Crippen LogP contribution is -2.20. The summed E-state index contributed by atoms with van der Waals surface area (Å²) in [6.45, 7) is 0. The standard InChI is InChI=1S/C6H6N2O.C4H3N3O4/c9-8-5-6-2-1-3-7-4-6;8-2-1(7-11)3(9)6-4(10)5-2/h1-5,9H;(H3,5,6,8,9,10)/b8-5+;. The minimum atomic E-state index is -1.01. The largest absolute Gasteiger partial charge is 0.493 e. The lowest BCUT2D eigenvalue weighted by atomic mass is 10.3. The summed E-state index contributed by atoms with van der Waals surface area (Å²) in [5.41, 5.74) is -1.84. The quantitative estimate of drug-likeness (QED) is 0.263. The Morgan fingerprint density at radius 2 is 2.05 bits per heavy atom. The maximum absolute atomic E-state index is 10.6. The van der Waals surface area contributed by atoms with Crippen molar-refractivity contribution in [1.29, 1.82) is 0 Å². The van der Waals surface area contributed by atoms with Gasteiger partial charge in [0.2, 0.25) is 11.6 Å². The highest BCUT2D eigenvalue weighted by Gasteiger charge is 2.06. The highest BCUT2D eigenvalue weighted by atomic mass is 16.4. The molecule has 0 amide bonds. The van der Waals surface area contributed by atoms with Crippen LogP contribution in [0.2, 0.25) is 0 Å². The second kappa shape index (κ2) is 7.20. The third-order valence-corrected chi connectivity index (χ3v) is 1.88. The van der Waals surface area contributed by atoms with E-state index in [1.165, 1.54) is 6.21 Å². The molecule has 0 bridgehead atoms. The van der Waals surface area contributed by atoms with E-state index in [0.717, 1.165) is 5.56 Å². The number of nitroso groups, excluding NO2 is 1. The molecule has 10 heteroatoms. The first-order valence-corrected chi connectivity index (χ1v) is 5.05. The van der Waals surface area contributed by atoms with E-state index < -0.39 is 22.8 Å². The van der Waals surface area contributed by atoms with Crippen LogP contribution in [-0.4, -0.2) is 31.5 Å². The molecule has 2 aromatic heterocycles. The van der Waals surface area contributed by atoms with Crippen molar-refractivity contribution in [2.24, 2.45) is 10.3 Å². The second-order valence-electron chi connectivity index (χ2n) is 3.23. The van der Waals surface area contributed by atoms with Crippen LogP contribution in [0.5, 0.6) is 5.88 Å². The van der Waals surface area contributed by atoms with Gasteiger partial charge >= 0.3 is 5.69 Å². The monoisotopic (exact) mass is 279 g/mol. The maximum atomic E-state index is 10.6. The van der Waals surface area contributed by atoms with E-state index in [4.69, 9.17) is 10.3 Å². The normalized spacial score (nSPS) is 9.80. The Bertz CT molecular complexity index is 706. The maximum Gasteiger partial charge on any atom is 0.328 e. The summed E-state index contributed by atoms with van der Waals surface area (Å²) in [6.07, 6.45) is 4.60. The number of hydrogen-bond acceptors (Lipinski definition) is 8. The van der Waals surface area contributed by atoms with Gasteiger partial charge in [-0.15, -0.1) is 4.91 Å². The molecular weight excluding hydrogens is 270 g/mol. The number of nitrogens with zero attached hydrogens (tertiary/aromatic N) is 3. The first kappa shape index (κ1) is 14.8. The van der Waals surface area contributed by atoms with Gasteiger partial charge in [0.05, 0.1) is 6.21 Å². The Morgan fingerprint density at radius 3 is 2.55 bits per heavy atom. The van der Waals surface area contributed by atoms with Gasteiger partial charge in [-0.1, -0.05) is 11.2 Å². The molecule has 2 heterocycles. The van der Waals surface area contributed by atoms with Crippen LogP contribution in [0.25, 0.3) is 0 Å². The van der Waals surface area contributed by atoms with Gasteiger partial charge in [0.25, 0.3) is 5.56 Å².